The fourth-order valence-electron chi connectivity index (χ4n) is 3.11. The van der Waals surface area contributed by atoms with Crippen LogP contribution in [0.15, 0.2) is 18.3 Å². The molecule has 120 valence electrons. The van der Waals surface area contributed by atoms with Gasteiger partial charge in [-0.25, -0.2) is 0 Å². The summed E-state index contributed by atoms with van der Waals surface area (Å²) in [6, 6.07) is 3.90. The lowest BCUT2D eigenvalue weighted by molar-refractivity contribution is 0.0853. The van der Waals surface area contributed by atoms with Crippen molar-refractivity contribution >= 4 is 11.6 Å². The number of amides is 1. The fourth-order valence-corrected chi connectivity index (χ4v) is 3.11. The number of hydrogen-bond acceptors (Lipinski definition) is 4. The monoisotopic (exact) mass is 303 g/mol. The quantitative estimate of drug-likeness (QED) is 0.927. The Kier molecular flexibility index (Phi) is 4.93. The van der Waals surface area contributed by atoms with Crippen molar-refractivity contribution in [3.8, 4) is 0 Å². The third-order valence-electron chi connectivity index (χ3n) is 4.64. The van der Waals surface area contributed by atoms with E-state index in [-0.39, 0.29) is 12.0 Å². The Morgan fingerprint density at radius 2 is 2.23 bits per heavy atom. The van der Waals surface area contributed by atoms with E-state index in [9.17, 15) is 4.79 Å². The number of nitrogens with one attached hydrogen (secondary N) is 1. The van der Waals surface area contributed by atoms with Crippen LogP contribution >= 0.6 is 0 Å². The molecule has 3 heterocycles. The van der Waals surface area contributed by atoms with E-state index in [1.165, 1.54) is 12.8 Å². The highest BCUT2D eigenvalue weighted by Gasteiger charge is 2.19. The number of aromatic nitrogens is 1. The van der Waals surface area contributed by atoms with Gasteiger partial charge in [0.05, 0.1) is 6.10 Å². The highest BCUT2D eigenvalue weighted by Crippen LogP contribution is 2.23. The predicted molar refractivity (Wildman–Crippen MR) is 86.2 cm³/mol. The van der Waals surface area contributed by atoms with Gasteiger partial charge in [-0.15, -0.1) is 0 Å². The zero-order valence-electron chi connectivity index (χ0n) is 13.3. The summed E-state index contributed by atoms with van der Waals surface area (Å²) >= 11 is 0. The second-order valence-corrected chi connectivity index (χ2v) is 6.41. The number of piperidine rings is 1. The summed E-state index contributed by atoms with van der Waals surface area (Å²) in [5.74, 6) is 0.690. The molecule has 2 saturated heterocycles. The molecule has 2 aliphatic heterocycles. The first-order chi connectivity index (χ1) is 10.7. The molecule has 1 aromatic heterocycles. The normalized spacial score (nSPS) is 22.8. The largest absolute Gasteiger partial charge is 0.376 e. The molecule has 2 aliphatic rings. The Hall–Kier alpha value is -1.62. The van der Waals surface area contributed by atoms with E-state index in [0.717, 1.165) is 44.1 Å². The van der Waals surface area contributed by atoms with Gasteiger partial charge in [-0.1, -0.05) is 6.92 Å². The average molecular weight is 303 g/mol. The lowest BCUT2D eigenvalue weighted by Gasteiger charge is -2.32. The van der Waals surface area contributed by atoms with Gasteiger partial charge >= 0.3 is 0 Å². The van der Waals surface area contributed by atoms with Crippen LogP contribution in [0.3, 0.4) is 0 Å². The van der Waals surface area contributed by atoms with Gasteiger partial charge in [0.2, 0.25) is 0 Å². The van der Waals surface area contributed by atoms with Crippen molar-refractivity contribution in [1.29, 1.82) is 0 Å². The lowest BCUT2D eigenvalue weighted by atomic mass is 9.99. The Balaban J connectivity index is 1.59. The summed E-state index contributed by atoms with van der Waals surface area (Å²) in [7, 11) is 0. The molecular weight excluding hydrogens is 278 g/mol. The zero-order valence-corrected chi connectivity index (χ0v) is 13.3. The first kappa shape index (κ1) is 15.3. The van der Waals surface area contributed by atoms with Gasteiger partial charge in [0, 0.05) is 38.1 Å². The number of ether oxygens (including phenoxy) is 1. The second kappa shape index (κ2) is 7.09. The summed E-state index contributed by atoms with van der Waals surface area (Å²) < 4.78 is 5.52. The van der Waals surface area contributed by atoms with Crippen LogP contribution in [0.4, 0.5) is 5.69 Å². The van der Waals surface area contributed by atoms with Crippen LogP contribution < -0.4 is 10.2 Å². The molecule has 3 rings (SSSR count). The molecule has 0 radical (unpaired) electrons. The molecule has 0 bridgehead atoms. The van der Waals surface area contributed by atoms with E-state index in [4.69, 9.17) is 4.74 Å². The highest BCUT2D eigenvalue weighted by atomic mass is 16.5. The van der Waals surface area contributed by atoms with Crippen LogP contribution in [0.1, 0.15) is 43.1 Å². The van der Waals surface area contributed by atoms with Crippen molar-refractivity contribution in [2.75, 3.05) is 31.1 Å². The second-order valence-electron chi connectivity index (χ2n) is 6.41. The maximum Gasteiger partial charge on any atom is 0.270 e. The van der Waals surface area contributed by atoms with Gasteiger partial charge in [0.1, 0.15) is 5.69 Å². The van der Waals surface area contributed by atoms with Gasteiger partial charge in [0.25, 0.3) is 5.91 Å². The van der Waals surface area contributed by atoms with Crippen molar-refractivity contribution in [3.05, 3.63) is 24.0 Å². The van der Waals surface area contributed by atoms with Crippen LogP contribution in [0.5, 0.6) is 0 Å². The number of pyridine rings is 1. The Labute approximate surface area is 132 Å². The number of anilines is 1. The summed E-state index contributed by atoms with van der Waals surface area (Å²) in [5.41, 5.74) is 1.60. The minimum absolute atomic E-state index is 0.109. The van der Waals surface area contributed by atoms with Gasteiger partial charge in [-0.05, 0) is 43.7 Å². The van der Waals surface area contributed by atoms with Crippen molar-refractivity contribution in [1.82, 2.24) is 10.3 Å². The molecule has 5 nitrogen and oxygen atoms in total. The van der Waals surface area contributed by atoms with Crippen LogP contribution in [-0.2, 0) is 4.74 Å². The molecule has 1 unspecified atom stereocenters. The van der Waals surface area contributed by atoms with Gasteiger partial charge in [0.15, 0.2) is 0 Å². The van der Waals surface area contributed by atoms with Gasteiger partial charge in [-0.2, -0.15) is 0 Å². The number of rotatable bonds is 4. The lowest BCUT2D eigenvalue weighted by Crippen LogP contribution is -2.34. The van der Waals surface area contributed by atoms with Crippen molar-refractivity contribution in [3.63, 3.8) is 0 Å². The molecule has 0 spiro atoms. The van der Waals surface area contributed by atoms with Gasteiger partial charge < -0.3 is 15.0 Å². The summed E-state index contributed by atoms with van der Waals surface area (Å²) in [6.07, 6.45) is 6.43. The van der Waals surface area contributed by atoms with E-state index in [2.05, 4.69) is 22.1 Å². The summed E-state index contributed by atoms with van der Waals surface area (Å²) in [6.45, 7) is 5.80. The van der Waals surface area contributed by atoms with E-state index in [1.807, 2.05) is 12.1 Å². The minimum Gasteiger partial charge on any atom is -0.376 e. The molecule has 1 N–H and O–H groups in total. The first-order valence-corrected chi connectivity index (χ1v) is 8.33. The maximum atomic E-state index is 12.2. The molecule has 22 heavy (non-hydrogen) atoms. The molecule has 1 aromatic rings. The molecule has 1 amide bonds. The first-order valence-electron chi connectivity index (χ1n) is 8.33. The number of hydrogen-bond donors (Lipinski definition) is 1. The standard InChI is InChI=1S/C17H25N3O2/c1-13-5-8-20(9-6-13)14-4-7-18-16(11-14)17(21)19-12-15-3-2-10-22-15/h4,7,11,13,15H,2-3,5-6,8-10,12H2,1H3,(H,19,21). The molecule has 5 heteroatoms. The smallest absolute Gasteiger partial charge is 0.270 e. The third kappa shape index (κ3) is 3.77. The molecule has 0 aliphatic carbocycles. The predicted octanol–water partition coefficient (Wildman–Crippen LogP) is 2.23. The van der Waals surface area contributed by atoms with Gasteiger partial charge in [-0.3, -0.25) is 9.78 Å². The van der Waals surface area contributed by atoms with Crippen molar-refractivity contribution in [2.45, 2.75) is 38.7 Å². The summed E-state index contributed by atoms with van der Waals surface area (Å²) in [5, 5.41) is 2.93. The number of nitrogens with zero attached hydrogens (tertiary/aromatic N) is 2. The summed E-state index contributed by atoms with van der Waals surface area (Å²) in [4.78, 5) is 18.8. The van der Waals surface area contributed by atoms with Crippen LogP contribution in [0.2, 0.25) is 0 Å². The molecular formula is C17H25N3O2. The Bertz CT molecular complexity index is 506. The minimum atomic E-state index is -0.109. The third-order valence-corrected chi connectivity index (χ3v) is 4.64. The van der Waals surface area contributed by atoms with E-state index in [0.29, 0.717) is 12.2 Å². The number of carbonyl (C=O) groups is 1. The van der Waals surface area contributed by atoms with Crippen LogP contribution in [-0.4, -0.2) is 43.2 Å². The molecule has 0 saturated carbocycles. The van der Waals surface area contributed by atoms with Crippen molar-refractivity contribution in [2.24, 2.45) is 5.92 Å². The molecule has 2 fully saturated rings. The highest BCUT2D eigenvalue weighted by molar-refractivity contribution is 5.93. The van der Waals surface area contributed by atoms with E-state index >= 15 is 0 Å². The Morgan fingerprint density at radius 1 is 1.41 bits per heavy atom. The van der Waals surface area contributed by atoms with E-state index < -0.39 is 0 Å². The maximum absolute atomic E-state index is 12.2. The average Bonchev–Trinajstić information content (AvgIpc) is 3.07. The van der Waals surface area contributed by atoms with E-state index in [1.54, 1.807) is 6.20 Å². The molecule has 1 atom stereocenters. The van der Waals surface area contributed by atoms with Crippen LogP contribution in [0, 0.1) is 5.92 Å². The fraction of sp³-hybridized carbons (Fsp3) is 0.647. The zero-order chi connectivity index (χ0) is 15.4. The topological polar surface area (TPSA) is 54.5 Å². The Morgan fingerprint density at radius 3 is 2.95 bits per heavy atom. The SMILES string of the molecule is CC1CCN(c2ccnc(C(=O)NCC3CCCO3)c2)CC1. The molecule has 0 aromatic carbocycles. The number of carbonyl (C=O) groups excluding carboxylic acids is 1. The van der Waals surface area contributed by atoms with Crippen LogP contribution in [0.25, 0.3) is 0 Å². The van der Waals surface area contributed by atoms with Crippen molar-refractivity contribution < 1.29 is 9.53 Å².